The van der Waals surface area contributed by atoms with Gasteiger partial charge < -0.3 is 5.11 Å². The first-order valence-corrected chi connectivity index (χ1v) is 5.91. The van der Waals surface area contributed by atoms with Gasteiger partial charge in [0.25, 0.3) is 0 Å². The van der Waals surface area contributed by atoms with E-state index in [4.69, 9.17) is 5.11 Å². The molecule has 4 heteroatoms. The highest BCUT2D eigenvalue weighted by atomic mass is 32.2. The van der Waals surface area contributed by atoms with Gasteiger partial charge in [0.15, 0.2) is 0 Å². The van der Waals surface area contributed by atoms with Crippen molar-refractivity contribution < 1.29 is 9.90 Å². The van der Waals surface area contributed by atoms with Crippen LogP contribution in [0.3, 0.4) is 0 Å². The molecule has 0 saturated heterocycles. The van der Waals surface area contributed by atoms with E-state index in [0.717, 1.165) is 10.6 Å². The van der Waals surface area contributed by atoms with Crippen molar-refractivity contribution in [1.82, 2.24) is 4.98 Å². The molecular weight excluding hydrogens is 234 g/mol. The number of aromatic nitrogens is 1. The minimum Gasteiger partial charge on any atom is -0.478 e. The van der Waals surface area contributed by atoms with Crippen molar-refractivity contribution >= 4 is 17.7 Å². The zero-order valence-electron chi connectivity index (χ0n) is 9.25. The van der Waals surface area contributed by atoms with E-state index in [1.165, 1.54) is 11.8 Å². The number of aromatic carboxylic acids is 1. The third-order valence-electron chi connectivity index (χ3n) is 2.22. The van der Waals surface area contributed by atoms with Crippen LogP contribution in [0.15, 0.2) is 52.5 Å². The first-order chi connectivity index (χ1) is 8.16. The maximum absolute atomic E-state index is 11.0. The van der Waals surface area contributed by atoms with Crippen molar-refractivity contribution in [3.8, 4) is 0 Å². The fourth-order valence-electron chi connectivity index (χ4n) is 1.36. The third kappa shape index (κ3) is 2.85. The van der Waals surface area contributed by atoms with E-state index in [0.29, 0.717) is 10.5 Å². The Labute approximate surface area is 104 Å². The average Bonchev–Trinajstić information content (AvgIpc) is 2.32. The fourth-order valence-corrected chi connectivity index (χ4v) is 2.24. The second-order valence-corrected chi connectivity index (χ2v) is 4.64. The van der Waals surface area contributed by atoms with Gasteiger partial charge in [0.05, 0.1) is 5.56 Å². The molecule has 1 aromatic heterocycles. The third-order valence-corrected chi connectivity index (χ3v) is 3.24. The monoisotopic (exact) mass is 245 g/mol. The summed E-state index contributed by atoms with van der Waals surface area (Å²) in [6.07, 6.45) is 1.77. The molecule has 3 nitrogen and oxygen atoms in total. The Morgan fingerprint density at radius 3 is 2.65 bits per heavy atom. The lowest BCUT2D eigenvalue weighted by Gasteiger charge is -2.04. The molecule has 0 saturated carbocycles. The van der Waals surface area contributed by atoms with Crippen LogP contribution in [-0.2, 0) is 0 Å². The van der Waals surface area contributed by atoms with Gasteiger partial charge in [-0.1, -0.05) is 30.0 Å². The maximum atomic E-state index is 11.0. The molecule has 0 radical (unpaired) electrons. The van der Waals surface area contributed by atoms with Crippen LogP contribution in [-0.4, -0.2) is 16.1 Å². The molecule has 0 fully saturated rings. The van der Waals surface area contributed by atoms with Crippen LogP contribution < -0.4 is 0 Å². The number of aryl methyl sites for hydroxylation is 1. The Kier molecular flexibility index (Phi) is 3.44. The number of pyridine rings is 1. The summed E-state index contributed by atoms with van der Waals surface area (Å²) in [5.74, 6) is -0.916. The first kappa shape index (κ1) is 11.7. The molecule has 0 unspecified atom stereocenters. The van der Waals surface area contributed by atoms with Crippen LogP contribution in [0, 0.1) is 6.92 Å². The summed E-state index contributed by atoms with van der Waals surface area (Å²) in [5, 5.41) is 9.85. The topological polar surface area (TPSA) is 50.2 Å². The molecule has 0 aliphatic carbocycles. The van der Waals surface area contributed by atoms with Gasteiger partial charge in [0, 0.05) is 11.1 Å². The largest absolute Gasteiger partial charge is 0.478 e. The van der Waals surface area contributed by atoms with E-state index >= 15 is 0 Å². The minimum atomic E-state index is -0.916. The van der Waals surface area contributed by atoms with E-state index < -0.39 is 5.97 Å². The highest BCUT2D eigenvalue weighted by Crippen LogP contribution is 2.28. The van der Waals surface area contributed by atoms with Crippen molar-refractivity contribution in [3.05, 3.63) is 53.7 Å². The van der Waals surface area contributed by atoms with E-state index in [-0.39, 0.29) is 0 Å². The van der Waals surface area contributed by atoms with Crippen LogP contribution in [0.2, 0.25) is 0 Å². The zero-order chi connectivity index (χ0) is 12.3. The van der Waals surface area contributed by atoms with E-state index in [1.54, 1.807) is 24.4 Å². The summed E-state index contributed by atoms with van der Waals surface area (Å²) >= 11 is 1.36. The fraction of sp³-hybridized carbons (Fsp3) is 0.0769. The van der Waals surface area contributed by atoms with E-state index in [9.17, 15) is 4.79 Å². The molecule has 1 aromatic carbocycles. The predicted molar refractivity (Wildman–Crippen MR) is 66.5 cm³/mol. The molecule has 0 aliphatic rings. The summed E-state index contributed by atoms with van der Waals surface area (Å²) in [6, 6.07) is 10.8. The molecule has 17 heavy (non-hydrogen) atoms. The molecule has 1 N–H and O–H groups in total. The lowest BCUT2D eigenvalue weighted by Crippen LogP contribution is -1.98. The summed E-state index contributed by atoms with van der Waals surface area (Å²) in [6.45, 7) is 1.96. The Hall–Kier alpha value is -1.81. The van der Waals surface area contributed by atoms with Crippen LogP contribution in [0.25, 0.3) is 0 Å². The Morgan fingerprint density at radius 1 is 1.24 bits per heavy atom. The average molecular weight is 245 g/mol. The Bertz CT molecular complexity index is 537. The second kappa shape index (κ2) is 5.01. The molecule has 86 valence electrons. The number of rotatable bonds is 3. The van der Waals surface area contributed by atoms with Crippen molar-refractivity contribution in [2.75, 3.05) is 0 Å². The number of carboxylic acids is 1. The lowest BCUT2D eigenvalue weighted by molar-refractivity contribution is 0.0693. The smallest absolute Gasteiger partial charge is 0.336 e. The minimum absolute atomic E-state index is 0.305. The molecule has 0 spiro atoms. The number of nitrogens with zero attached hydrogens (tertiary/aromatic N) is 1. The van der Waals surface area contributed by atoms with Gasteiger partial charge in [-0.2, -0.15) is 0 Å². The zero-order valence-corrected chi connectivity index (χ0v) is 10.1. The second-order valence-electron chi connectivity index (χ2n) is 3.58. The van der Waals surface area contributed by atoms with Crippen LogP contribution in [0.5, 0.6) is 0 Å². The van der Waals surface area contributed by atoms with Gasteiger partial charge in [0.2, 0.25) is 0 Å². The highest BCUT2D eigenvalue weighted by molar-refractivity contribution is 7.99. The number of carboxylic acid groups (broad SMARTS) is 1. The molecular formula is C13H11NO2S. The van der Waals surface area contributed by atoms with Gasteiger partial charge >= 0.3 is 5.97 Å². The normalized spacial score (nSPS) is 10.2. The number of hydrogen-bond donors (Lipinski definition) is 1. The molecule has 0 atom stereocenters. The SMILES string of the molecule is Cc1ccc(Sc2ccccc2C(=O)O)nc1. The summed E-state index contributed by atoms with van der Waals surface area (Å²) < 4.78 is 0. The molecule has 2 aromatic rings. The van der Waals surface area contributed by atoms with Crippen LogP contribution in [0.1, 0.15) is 15.9 Å². The van der Waals surface area contributed by atoms with E-state index in [1.807, 2.05) is 25.1 Å². The molecule has 0 bridgehead atoms. The predicted octanol–water partition coefficient (Wildman–Crippen LogP) is 3.24. The lowest BCUT2D eigenvalue weighted by atomic mass is 10.2. The number of carbonyl (C=O) groups is 1. The summed E-state index contributed by atoms with van der Waals surface area (Å²) in [7, 11) is 0. The number of benzene rings is 1. The quantitative estimate of drug-likeness (QED) is 0.901. The first-order valence-electron chi connectivity index (χ1n) is 5.09. The molecule has 0 amide bonds. The van der Waals surface area contributed by atoms with Crippen molar-refractivity contribution in [3.63, 3.8) is 0 Å². The number of hydrogen-bond acceptors (Lipinski definition) is 3. The summed E-state index contributed by atoms with van der Waals surface area (Å²) in [5.41, 5.74) is 1.39. The van der Waals surface area contributed by atoms with E-state index in [2.05, 4.69) is 4.98 Å². The van der Waals surface area contributed by atoms with Gasteiger partial charge in [-0.25, -0.2) is 9.78 Å². The molecule has 1 heterocycles. The molecule has 0 aliphatic heterocycles. The van der Waals surface area contributed by atoms with Crippen molar-refractivity contribution in [1.29, 1.82) is 0 Å². The summed E-state index contributed by atoms with van der Waals surface area (Å²) in [4.78, 5) is 16.0. The van der Waals surface area contributed by atoms with Crippen LogP contribution >= 0.6 is 11.8 Å². The van der Waals surface area contributed by atoms with Gasteiger partial charge in [-0.15, -0.1) is 0 Å². The standard InChI is InChI=1S/C13H11NO2S/c1-9-6-7-12(14-8-9)17-11-5-3-2-4-10(11)13(15)16/h2-8H,1H3,(H,15,16). The molecule has 2 rings (SSSR count). The van der Waals surface area contributed by atoms with Crippen molar-refractivity contribution in [2.45, 2.75) is 16.8 Å². The van der Waals surface area contributed by atoms with Gasteiger partial charge in [-0.05, 0) is 30.7 Å². The Morgan fingerprint density at radius 2 is 2.00 bits per heavy atom. The van der Waals surface area contributed by atoms with Gasteiger partial charge in [-0.3, -0.25) is 0 Å². The maximum Gasteiger partial charge on any atom is 0.336 e. The van der Waals surface area contributed by atoms with Crippen molar-refractivity contribution in [2.24, 2.45) is 0 Å². The Balaban J connectivity index is 2.30. The highest BCUT2D eigenvalue weighted by Gasteiger charge is 2.10. The van der Waals surface area contributed by atoms with Gasteiger partial charge in [0.1, 0.15) is 5.03 Å². The van der Waals surface area contributed by atoms with Crippen LogP contribution in [0.4, 0.5) is 0 Å².